The fraction of sp³-hybridized carbons (Fsp3) is 0.562. The van der Waals surface area contributed by atoms with Gasteiger partial charge in [-0.1, -0.05) is 0 Å². The minimum absolute atomic E-state index is 0. The highest BCUT2D eigenvalue weighted by molar-refractivity contribution is 5.94. The van der Waals surface area contributed by atoms with Crippen molar-refractivity contribution in [3.8, 4) is 0 Å². The third-order valence-corrected chi connectivity index (χ3v) is 4.88. The molecule has 1 aliphatic carbocycles. The average molecular weight is 313 g/mol. The molecule has 0 aromatic heterocycles. The van der Waals surface area contributed by atoms with Crippen LogP contribution in [0.25, 0.3) is 0 Å². The molecule has 21 heavy (non-hydrogen) atoms. The highest BCUT2D eigenvalue weighted by atomic mass is 35.5. The number of aryl methyl sites for hydroxylation is 2. The summed E-state index contributed by atoms with van der Waals surface area (Å²) in [6.45, 7) is 4.95. The van der Waals surface area contributed by atoms with E-state index < -0.39 is 0 Å². The van der Waals surface area contributed by atoms with E-state index >= 15 is 0 Å². The van der Waals surface area contributed by atoms with Gasteiger partial charge in [0.15, 0.2) is 0 Å². The lowest BCUT2D eigenvalue weighted by Crippen LogP contribution is -2.33. The van der Waals surface area contributed by atoms with Crippen LogP contribution in [0.5, 0.6) is 0 Å². The number of likely N-dealkylation sites (tertiary alicyclic amines) is 1. The number of carbonyl (C=O) groups is 1. The molecule has 0 radical (unpaired) electrons. The van der Waals surface area contributed by atoms with Crippen molar-refractivity contribution in [2.24, 2.45) is 17.6 Å². The lowest BCUT2D eigenvalue weighted by molar-refractivity contribution is 0.0779. The molecular formula is C16H22ClFN2O. The van der Waals surface area contributed by atoms with Crippen molar-refractivity contribution < 1.29 is 9.18 Å². The summed E-state index contributed by atoms with van der Waals surface area (Å²) < 4.78 is 13.6. The first kappa shape index (κ1) is 16.2. The van der Waals surface area contributed by atoms with Crippen LogP contribution in [0.15, 0.2) is 12.1 Å². The number of fused-ring (bicyclic) bond motifs is 1. The van der Waals surface area contributed by atoms with Gasteiger partial charge in [-0.25, -0.2) is 4.39 Å². The molecule has 1 saturated heterocycles. The maximum Gasteiger partial charge on any atom is 0.253 e. The molecule has 1 aliphatic heterocycles. The van der Waals surface area contributed by atoms with Crippen LogP contribution in [0.2, 0.25) is 0 Å². The Labute approximate surface area is 131 Å². The molecular weight excluding hydrogens is 291 g/mol. The minimum atomic E-state index is -0.220. The Morgan fingerprint density at radius 1 is 1.24 bits per heavy atom. The van der Waals surface area contributed by atoms with Crippen LogP contribution >= 0.6 is 12.4 Å². The summed E-state index contributed by atoms with van der Waals surface area (Å²) >= 11 is 0. The first-order chi connectivity index (χ1) is 9.47. The molecule has 1 aromatic carbocycles. The lowest BCUT2D eigenvalue weighted by Gasteiger charge is -2.19. The number of nitrogens with zero attached hydrogens (tertiary/aromatic N) is 1. The second-order valence-corrected chi connectivity index (χ2v) is 6.30. The van der Waals surface area contributed by atoms with Gasteiger partial charge in [-0.3, -0.25) is 4.79 Å². The standard InChI is InChI=1S/C16H21FN2O.ClH/c1-9-5-12(6-10(2)15(9)17)16(20)19-7-11-3-4-14(18)13(11)8-19;/h5-6,11,13-14H,3-4,7-8,18H2,1-2H3;1H. The number of rotatable bonds is 1. The Morgan fingerprint density at radius 2 is 1.86 bits per heavy atom. The maximum absolute atomic E-state index is 13.6. The zero-order valence-electron chi connectivity index (χ0n) is 12.4. The highest BCUT2D eigenvalue weighted by Crippen LogP contribution is 2.37. The van der Waals surface area contributed by atoms with E-state index in [0.29, 0.717) is 28.5 Å². The van der Waals surface area contributed by atoms with Crippen LogP contribution in [-0.2, 0) is 0 Å². The number of hydrogen-bond donors (Lipinski definition) is 1. The van der Waals surface area contributed by atoms with Gasteiger partial charge in [0.25, 0.3) is 5.91 Å². The van der Waals surface area contributed by atoms with Gasteiger partial charge in [0.1, 0.15) is 5.82 Å². The van der Waals surface area contributed by atoms with Crippen LogP contribution in [0.1, 0.15) is 34.3 Å². The minimum Gasteiger partial charge on any atom is -0.338 e. The molecule has 0 spiro atoms. The number of nitrogens with two attached hydrogens (primary N) is 1. The van der Waals surface area contributed by atoms with E-state index in [-0.39, 0.29) is 30.2 Å². The lowest BCUT2D eigenvalue weighted by atomic mass is 9.98. The maximum atomic E-state index is 13.6. The van der Waals surface area contributed by atoms with Crippen molar-refractivity contribution in [2.75, 3.05) is 13.1 Å². The topological polar surface area (TPSA) is 46.3 Å². The average Bonchev–Trinajstić information content (AvgIpc) is 2.97. The molecule has 1 saturated carbocycles. The van der Waals surface area contributed by atoms with E-state index in [0.717, 1.165) is 25.9 Å². The first-order valence-corrected chi connectivity index (χ1v) is 7.29. The predicted molar refractivity (Wildman–Crippen MR) is 83.2 cm³/mol. The SMILES string of the molecule is Cc1cc(C(=O)N2CC3CCC(N)C3C2)cc(C)c1F.Cl. The molecule has 116 valence electrons. The molecule has 3 nitrogen and oxygen atoms in total. The molecule has 1 amide bonds. The van der Waals surface area contributed by atoms with Gasteiger partial charge in [-0.2, -0.15) is 0 Å². The number of halogens is 2. The Balaban J connectivity index is 0.00000161. The van der Waals surface area contributed by atoms with Gasteiger partial charge in [0.05, 0.1) is 0 Å². The normalized spacial score (nSPS) is 27.4. The summed E-state index contributed by atoms with van der Waals surface area (Å²) in [6.07, 6.45) is 2.20. The van der Waals surface area contributed by atoms with Crippen molar-refractivity contribution in [1.29, 1.82) is 0 Å². The summed E-state index contributed by atoms with van der Waals surface area (Å²) in [7, 11) is 0. The van der Waals surface area contributed by atoms with Crippen molar-refractivity contribution in [3.05, 3.63) is 34.6 Å². The highest BCUT2D eigenvalue weighted by Gasteiger charge is 2.42. The zero-order chi connectivity index (χ0) is 14.4. The molecule has 5 heteroatoms. The molecule has 3 unspecified atom stereocenters. The van der Waals surface area contributed by atoms with Crippen molar-refractivity contribution >= 4 is 18.3 Å². The van der Waals surface area contributed by atoms with Gasteiger partial charge in [0.2, 0.25) is 0 Å². The van der Waals surface area contributed by atoms with Gasteiger partial charge >= 0.3 is 0 Å². The van der Waals surface area contributed by atoms with Gasteiger partial charge in [-0.15, -0.1) is 12.4 Å². The fourth-order valence-corrected chi connectivity index (χ4v) is 3.73. The van der Waals surface area contributed by atoms with Crippen molar-refractivity contribution in [1.82, 2.24) is 4.90 Å². The van der Waals surface area contributed by atoms with E-state index in [1.54, 1.807) is 26.0 Å². The summed E-state index contributed by atoms with van der Waals surface area (Å²) in [6, 6.07) is 3.53. The van der Waals surface area contributed by atoms with E-state index in [2.05, 4.69) is 0 Å². The first-order valence-electron chi connectivity index (χ1n) is 7.29. The predicted octanol–water partition coefficient (Wildman–Crippen LogP) is 2.67. The molecule has 0 bridgehead atoms. The summed E-state index contributed by atoms with van der Waals surface area (Å²) in [4.78, 5) is 14.5. The third kappa shape index (κ3) is 2.79. The van der Waals surface area contributed by atoms with E-state index in [9.17, 15) is 9.18 Å². The Hall–Kier alpha value is -1.13. The monoisotopic (exact) mass is 312 g/mol. The number of amides is 1. The van der Waals surface area contributed by atoms with Gasteiger partial charge in [0, 0.05) is 24.7 Å². The fourth-order valence-electron chi connectivity index (χ4n) is 3.73. The van der Waals surface area contributed by atoms with Crippen LogP contribution in [0.4, 0.5) is 4.39 Å². The van der Waals surface area contributed by atoms with Gasteiger partial charge in [-0.05, 0) is 61.8 Å². The molecule has 1 aromatic rings. The smallest absolute Gasteiger partial charge is 0.253 e. The summed E-state index contributed by atoms with van der Waals surface area (Å²) in [5.74, 6) is 0.790. The number of benzene rings is 1. The van der Waals surface area contributed by atoms with Gasteiger partial charge < -0.3 is 10.6 Å². The second-order valence-electron chi connectivity index (χ2n) is 6.30. The Kier molecular flexibility index (Phi) is 4.59. The quantitative estimate of drug-likeness (QED) is 0.866. The van der Waals surface area contributed by atoms with Crippen LogP contribution in [0.3, 0.4) is 0 Å². The second kappa shape index (κ2) is 5.93. The van der Waals surface area contributed by atoms with E-state index in [4.69, 9.17) is 5.73 Å². The van der Waals surface area contributed by atoms with Crippen LogP contribution in [-0.4, -0.2) is 29.9 Å². The molecule has 2 aliphatic rings. The van der Waals surface area contributed by atoms with Crippen LogP contribution in [0, 0.1) is 31.5 Å². The summed E-state index contributed by atoms with van der Waals surface area (Å²) in [5.41, 5.74) is 7.76. The van der Waals surface area contributed by atoms with E-state index in [1.807, 2.05) is 4.90 Å². The number of hydrogen-bond acceptors (Lipinski definition) is 2. The largest absolute Gasteiger partial charge is 0.338 e. The van der Waals surface area contributed by atoms with Crippen LogP contribution < -0.4 is 5.73 Å². The Bertz CT molecular complexity index is 540. The molecule has 3 rings (SSSR count). The summed E-state index contributed by atoms with van der Waals surface area (Å²) in [5, 5.41) is 0. The third-order valence-electron chi connectivity index (χ3n) is 4.88. The van der Waals surface area contributed by atoms with Crippen molar-refractivity contribution in [3.63, 3.8) is 0 Å². The molecule has 2 N–H and O–H groups in total. The number of carbonyl (C=O) groups excluding carboxylic acids is 1. The van der Waals surface area contributed by atoms with E-state index in [1.165, 1.54) is 0 Å². The molecule has 3 atom stereocenters. The Morgan fingerprint density at radius 3 is 2.43 bits per heavy atom. The molecule has 2 fully saturated rings. The molecule has 1 heterocycles. The zero-order valence-corrected chi connectivity index (χ0v) is 13.3. The van der Waals surface area contributed by atoms with Crippen molar-refractivity contribution in [2.45, 2.75) is 32.7 Å².